The van der Waals surface area contributed by atoms with Crippen LogP contribution in [0.1, 0.15) is 29.1 Å². The van der Waals surface area contributed by atoms with Gasteiger partial charge >= 0.3 is 0 Å². The number of rotatable bonds is 8. The van der Waals surface area contributed by atoms with Gasteiger partial charge in [0.2, 0.25) is 5.91 Å². The van der Waals surface area contributed by atoms with E-state index < -0.39 is 0 Å². The first kappa shape index (κ1) is 20.8. The molecule has 0 aliphatic heterocycles. The van der Waals surface area contributed by atoms with Gasteiger partial charge in [0.1, 0.15) is 5.75 Å². The van der Waals surface area contributed by atoms with E-state index in [1.165, 1.54) is 23.1 Å². The lowest BCUT2D eigenvalue weighted by Crippen LogP contribution is -2.28. The Morgan fingerprint density at radius 1 is 1.28 bits per heavy atom. The van der Waals surface area contributed by atoms with Gasteiger partial charge in [-0.05, 0) is 31.2 Å². The number of amides is 2. The van der Waals surface area contributed by atoms with Gasteiger partial charge in [-0.25, -0.2) is 4.98 Å². The molecule has 2 N–H and O–H groups in total. The Balaban J connectivity index is 1.57. The van der Waals surface area contributed by atoms with Crippen LogP contribution in [0.3, 0.4) is 0 Å². The number of anilines is 1. The zero-order valence-electron chi connectivity index (χ0n) is 16.1. The largest absolute Gasteiger partial charge is 0.497 e. The fourth-order valence-electron chi connectivity index (χ4n) is 2.49. The second-order valence-electron chi connectivity index (χ2n) is 6.00. The summed E-state index contributed by atoms with van der Waals surface area (Å²) < 4.78 is 6.86. The molecule has 29 heavy (non-hydrogen) atoms. The highest BCUT2D eigenvalue weighted by atomic mass is 32.2. The van der Waals surface area contributed by atoms with E-state index in [1.807, 2.05) is 6.92 Å². The van der Waals surface area contributed by atoms with Crippen LogP contribution in [0.5, 0.6) is 5.75 Å². The van der Waals surface area contributed by atoms with Crippen molar-refractivity contribution in [2.24, 2.45) is 7.05 Å². The summed E-state index contributed by atoms with van der Waals surface area (Å²) >= 11 is 2.62. The maximum atomic E-state index is 12.4. The molecule has 2 aromatic heterocycles. The number of thioether (sulfide) groups is 1. The summed E-state index contributed by atoms with van der Waals surface area (Å²) in [5, 5.41) is 16.8. The standard InChI is InChI=1S/C18H20N6O3S2/c1-11(20-16(26)12-4-6-13(27-3)7-5-12)15-22-23-18(24(15)2)29-10-14(25)21-17-19-8-9-28-17/h4-9,11H,10H2,1-3H3,(H,20,26)(H,19,21,25)/t11-/m1/s1. The number of nitrogens with zero attached hydrogens (tertiary/aromatic N) is 4. The molecular formula is C18H20N6O3S2. The third-order valence-electron chi connectivity index (χ3n) is 3.97. The summed E-state index contributed by atoms with van der Waals surface area (Å²) in [5.41, 5.74) is 0.522. The number of nitrogens with one attached hydrogen (secondary N) is 2. The molecule has 0 bridgehead atoms. The van der Waals surface area contributed by atoms with Crippen molar-refractivity contribution >= 4 is 40.0 Å². The van der Waals surface area contributed by atoms with Crippen molar-refractivity contribution in [1.29, 1.82) is 0 Å². The Morgan fingerprint density at radius 3 is 2.69 bits per heavy atom. The molecule has 0 aliphatic rings. The van der Waals surface area contributed by atoms with E-state index in [2.05, 4.69) is 25.8 Å². The Kier molecular flexibility index (Phi) is 6.83. The number of carbonyl (C=O) groups excluding carboxylic acids is 2. The Bertz CT molecular complexity index is 972. The number of hydrogen-bond acceptors (Lipinski definition) is 8. The SMILES string of the molecule is COc1ccc(C(=O)N[C@H](C)c2nnc(SCC(=O)Nc3nccs3)n2C)cc1. The van der Waals surface area contributed by atoms with Crippen molar-refractivity contribution in [3.8, 4) is 5.75 Å². The number of ether oxygens (including phenoxy) is 1. The van der Waals surface area contributed by atoms with Crippen LogP contribution in [0.4, 0.5) is 5.13 Å². The minimum atomic E-state index is -0.361. The molecule has 0 unspecified atom stereocenters. The zero-order chi connectivity index (χ0) is 20.8. The highest BCUT2D eigenvalue weighted by molar-refractivity contribution is 7.99. The summed E-state index contributed by atoms with van der Waals surface area (Å²) in [5.74, 6) is 1.06. The number of methoxy groups -OCH3 is 1. The summed E-state index contributed by atoms with van der Waals surface area (Å²) in [7, 11) is 3.37. The molecule has 0 saturated heterocycles. The van der Waals surface area contributed by atoms with E-state index in [9.17, 15) is 9.59 Å². The summed E-state index contributed by atoms with van der Waals surface area (Å²) in [6.07, 6.45) is 1.63. The van der Waals surface area contributed by atoms with Gasteiger partial charge in [-0.15, -0.1) is 21.5 Å². The predicted molar refractivity (Wildman–Crippen MR) is 111 cm³/mol. The normalized spacial score (nSPS) is 11.7. The second kappa shape index (κ2) is 9.52. The number of aromatic nitrogens is 4. The van der Waals surface area contributed by atoms with E-state index in [4.69, 9.17) is 4.74 Å². The zero-order valence-corrected chi connectivity index (χ0v) is 17.7. The molecule has 0 aliphatic carbocycles. The van der Waals surface area contributed by atoms with Crippen LogP contribution >= 0.6 is 23.1 Å². The summed E-state index contributed by atoms with van der Waals surface area (Å²) in [6, 6.07) is 6.49. The molecular weight excluding hydrogens is 412 g/mol. The molecule has 1 aromatic carbocycles. The molecule has 0 saturated carbocycles. The van der Waals surface area contributed by atoms with Crippen LogP contribution in [0.25, 0.3) is 0 Å². The lowest BCUT2D eigenvalue weighted by atomic mass is 10.2. The third kappa shape index (κ3) is 5.33. The van der Waals surface area contributed by atoms with Crippen LogP contribution in [0.2, 0.25) is 0 Å². The minimum Gasteiger partial charge on any atom is -0.497 e. The molecule has 0 spiro atoms. The molecule has 2 heterocycles. The highest BCUT2D eigenvalue weighted by Gasteiger charge is 2.19. The van der Waals surface area contributed by atoms with Gasteiger partial charge in [-0.3, -0.25) is 9.59 Å². The van der Waals surface area contributed by atoms with Crippen LogP contribution in [0.15, 0.2) is 41.0 Å². The molecule has 3 rings (SSSR count). The van der Waals surface area contributed by atoms with Crippen LogP contribution < -0.4 is 15.4 Å². The van der Waals surface area contributed by atoms with Crippen molar-refractivity contribution in [1.82, 2.24) is 25.1 Å². The minimum absolute atomic E-state index is 0.171. The van der Waals surface area contributed by atoms with Gasteiger partial charge in [0.15, 0.2) is 16.1 Å². The highest BCUT2D eigenvalue weighted by Crippen LogP contribution is 2.20. The van der Waals surface area contributed by atoms with Gasteiger partial charge in [0, 0.05) is 24.2 Å². The maximum absolute atomic E-state index is 12.4. The molecule has 1 atom stereocenters. The van der Waals surface area contributed by atoms with Crippen LogP contribution in [0, 0.1) is 0 Å². The van der Waals surface area contributed by atoms with E-state index >= 15 is 0 Å². The monoisotopic (exact) mass is 432 g/mol. The molecule has 2 amide bonds. The topological polar surface area (TPSA) is 111 Å². The summed E-state index contributed by atoms with van der Waals surface area (Å²) in [6.45, 7) is 1.83. The van der Waals surface area contributed by atoms with Crippen LogP contribution in [-0.2, 0) is 11.8 Å². The van der Waals surface area contributed by atoms with Gasteiger partial charge in [-0.2, -0.15) is 0 Å². The van der Waals surface area contributed by atoms with Gasteiger partial charge < -0.3 is 19.9 Å². The number of carbonyl (C=O) groups is 2. The van der Waals surface area contributed by atoms with Gasteiger partial charge in [0.25, 0.3) is 5.91 Å². The first-order chi connectivity index (χ1) is 14.0. The van der Waals surface area contributed by atoms with E-state index in [-0.39, 0.29) is 23.6 Å². The molecule has 9 nitrogen and oxygen atoms in total. The molecule has 0 fully saturated rings. The molecule has 3 aromatic rings. The van der Waals surface area contributed by atoms with Gasteiger partial charge in [0.05, 0.1) is 18.9 Å². The average molecular weight is 433 g/mol. The Morgan fingerprint density at radius 2 is 2.03 bits per heavy atom. The van der Waals surface area contributed by atoms with Crippen LogP contribution in [-0.4, -0.2) is 44.4 Å². The van der Waals surface area contributed by atoms with E-state index in [0.29, 0.717) is 27.4 Å². The third-order valence-corrected chi connectivity index (χ3v) is 5.68. The van der Waals surface area contributed by atoms with Crippen molar-refractivity contribution in [2.75, 3.05) is 18.2 Å². The summed E-state index contributed by atoms with van der Waals surface area (Å²) in [4.78, 5) is 28.5. The predicted octanol–water partition coefficient (Wildman–Crippen LogP) is 2.50. The maximum Gasteiger partial charge on any atom is 0.251 e. The smallest absolute Gasteiger partial charge is 0.251 e. The lowest BCUT2D eigenvalue weighted by Gasteiger charge is -2.14. The molecule has 11 heteroatoms. The number of benzene rings is 1. The van der Waals surface area contributed by atoms with Crippen molar-refractivity contribution in [3.05, 3.63) is 47.2 Å². The average Bonchev–Trinajstić information content (AvgIpc) is 3.36. The quantitative estimate of drug-likeness (QED) is 0.526. The van der Waals surface area contributed by atoms with Crippen molar-refractivity contribution in [2.45, 2.75) is 18.1 Å². The van der Waals surface area contributed by atoms with E-state index in [1.54, 1.807) is 54.6 Å². The molecule has 152 valence electrons. The fourth-order valence-corrected chi connectivity index (χ4v) is 3.75. The van der Waals surface area contributed by atoms with Gasteiger partial charge in [-0.1, -0.05) is 11.8 Å². The van der Waals surface area contributed by atoms with E-state index in [0.717, 1.165) is 0 Å². The Hall–Kier alpha value is -2.92. The van der Waals surface area contributed by atoms with Crippen molar-refractivity contribution < 1.29 is 14.3 Å². The first-order valence-corrected chi connectivity index (χ1v) is 10.5. The van der Waals surface area contributed by atoms with Crippen molar-refractivity contribution in [3.63, 3.8) is 0 Å². The number of thiazole rings is 1. The number of hydrogen-bond donors (Lipinski definition) is 2. The Labute approximate surface area is 175 Å². The first-order valence-electron chi connectivity index (χ1n) is 8.64. The second-order valence-corrected chi connectivity index (χ2v) is 7.83. The lowest BCUT2D eigenvalue weighted by molar-refractivity contribution is -0.113. The fraction of sp³-hybridized carbons (Fsp3) is 0.278. The molecule has 0 radical (unpaired) electrons.